The van der Waals surface area contributed by atoms with Gasteiger partial charge in [-0.1, -0.05) is 22.0 Å². The van der Waals surface area contributed by atoms with E-state index in [2.05, 4.69) is 26.9 Å². The number of benzene rings is 1. The molecule has 0 amide bonds. The van der Waals surface area contributed by atoms with Gasteiger partial charge in [-0.3, -0.25) is 0 Å². The number of halogens is 1. The first-order valence-corrected chi connectivity index (χ1v) is 9.80. The van der Waals surface area contributed by atoms with E-state index in [1.54, 1.807) is 6.07 Å². The smallest absolute Gasteiger partial charge is 0.208 e. The number of hydrogen-bond donors (Lipinski definition) is 1. The van der Waals surface area contributed by atoms with Crippen LogP contribution in [0.25, 0.3) is 0 Å². The van der Waals surface area contributed by atoms with E-state index >= 15 is 0 Å². The van der Waals surface area contributed by atoms with Crippen molar-refractivity contribution in [2.45, 2.75) is 42.4 Å². The van der Waals surface area contributed by atoms with Crippen LogP contribution in [0, 0.1) is 6.92 Å². The number of hydrogen-bond acceptors (Lipinski definition) is 3. The number of thioether (sulfide) groups is 1. The van der Waals surface area contributed by atoms with Crippen LogP contribution in [-0.2, 0) is 10.0 Å². The SMILES string of the molecule is CSC1CCC(NS(=O)(=O)c2cc(Br)ccc2C)C1. The molecule has 0 spiro atoms. The Morgan fingerprint density at radius 2 is 2.11 bits per heavy atom. The van der Waals surface area contributed by atoms with Crippen LogP contribution in [0.5, 0.6) is 0 Å². The fourth-order valence-corrected chi connectivity index (χ4v) is 5.27. The van der Waals surface area contributed by atoms with Gasteiger partial charge in [-0.25, -0.2) is 13.1 Å². The lowest BCUT2D eigenvalue weighted by atomic mass is 10.2. The van der Waals surface area contributed by atoms with Crippen LogP contribution in [0.1, 0.15) is 24.8 Å². The van der Waals surface area contributed by atoms with Crippen LogP contribution in [0.2, 0.25) is 0 Å². The van der Waals surface area contributed by atoms with E-state index in [9.17, 15) is 8.42 Å². The zero-order valence-corrected chi connectivity index (χ0v) is 14.2. The van der Waals surface area contributed by atoms with Crippen molar-refractivity contribution in [1.82, 2.24) is 4.72 Å². The summed E-state index contributed by atoms with van der Waals surface area (Å²) >= 11 is 5.15. The monoisotopic (exact) mass is 363 g/mol. The molecule has 2 atom stereocenters. The molecule has 1 fully saturated rings. The van der Waals surface area contributed by atoms with Gasteiger partial charge in [0.25, 0.3) is 0 Å². The molecule has 6 heteroatoms. The molecule has 1 aliphatic carbocycles. The predicted octanol–water partition coefficient (Wildman–Crippen LogP) is 3.32. The van der Waals surface area contributed by atoms with E-state index in [4.69, 9.17) is 0 Å². The minimum atomic E-state index is -3.42. The largest absolute Gasteiger partial charge is 0.241 e. The van der Waals surface area contributed by atoms with Gasteiger partial charge >= 0.3 is 0 Å². The zero-order valence-electron chi connectivity index (χ0n) is 11.0. The molecule has 0 aromatic heterocycles. The van der Waals surface area contributed by atoms with Crippen molar-refractivity contribution in [3.63, 3.8) is 0 Å². The number of aryl methyl sites for hydroxylation is 1. The Labute approximate surface area is 127 Å². The molecule has 0 bridgehead atoms. The summed E-state index contributed by atoms with van der Waals surface area (Å²) in [5.41, 5.74) is 0.773. The Kier molecular flexibility index (Phi) is 4.98. The van der Waals surface area contributed by atoms with E-state index < -0.39 is 10.0 Å². The maximum Gasteiger partial charge on any atom is 0.241 e. The highest BCUT2D eigenvalue weighted by Gasteiger charge is 2.28. The Morgan fingerprint density at radius 1 is 1.37 bits per heavy atom. The van der Waals surface area contributed by atoms with Crippen LogP contribution in [-0.4, -0.2) is 26.0 Å². The molecule has 0 heterocycles. The van der Waals surface area contributed by atoms with Crippen molar-refractivity contribution < 1.29 is 8.42 Å². The fourth-order valence-electron chi connectivity index (χ4n) is 2.41. The van der Waals surface area contributed by atoms with E-state index in [1.807, 2.05) is 30.8 Å². The molecule has 1 aromatic rings. The normalized spacial score (nSPS) is 23.7. The van der Waals surface area contributed by atoms with Crippen LogP contribution in [0.3, 0.4) is 0 Å². The lowest BCUT2D eigenvalue weighted by Gasteiger charge is -2.15. The molecule has 106 valence electrons. The van der Waals surface area contributed by atoms with Crippen molar-refractivity contribution in [3.8, 4) is 0 Å². The third-order valence-corrected chi connectivity index (χ3v) is 6.73. The van der Waals surface area contributed by atoms with Gasteiger partial charge in [-0.15, -0.1) is 0 Å². The predicted molar refractivity (Wildman–Crippen MR) is 84.1 cm³/mol. The van der Waals surface area contributed by atoms with Gasteiger partial charge in [0.1, 0.15) is 0 Å². The summed E-state index contributed by atoms with van der Waals surface area (Å²) in [5.74, 6) is 0. The van der Waals surface area contributed by atoms with Crippen molar-refractivity contribution >= 4 is 37.7 Å². The molecule has 1 N–H and O–H groups in total. The van der Waals surface area contributed by atoms with Crippen LogP contribution < -0.4 is 4.72 Å². The molecule has 1 aliphatic rings. The molecule has 1 saturated carbocycles. The zero-order chi connectivity index (χ0) is 14.0. The van der Waals surface area contributed by atoms with Crippen molar-refractivity contribution in [2.24, 2.45) is 0 Å². The number of sulfonamides is 1. The Hall–Kier alpha value is -0.0400. The second kappa shape index (κ2) is 6.16. The highest BCUT2D eigenvalue weighted by atomic mass is 79.9. The molecule has 0 aliphatic heterocycles. The van der Waals surface area contributed by atoms with Crippen molar-refractivity contribution in [1.29, 1.82) is 0 Å². The first-order chi connectivity index (χ1) is 8.92. The fraction of sp³-hybridized carbons (Fsp3) is 0.538. The Morgan fingerprint density at radius 3 is 2.74 bits per heavy atom. The average Bonchev–Trinajstić information content (AvgIpc) is 2.79. The van der Waals surface area contributed by atoms with E-state index in [0.717, 1.165) is 29.3 Å². The van der Waals surface area contributed by atoms with Gasteiger partial charge in [-0.2, -0.15) is 11.8 Å². The van der Waals surface area contributed by atoms with Crippen molar-refractivity contribution in [2.75, 3.05) is 6.26 Å². The Bertz CT molecular complexity index is 560. The maximum atomic E-state index is 12.4. The molecular formula is C13H18BrNO2S2. The topological polar surface area (TPSA) is 46.2 Å². The summed E-state index contributed by atoms with van der Waals surface area (Å²) in [6.07, 6.45) is 5.02. The summed E-state index contributed by atoms with van der Waals surface area (Å²) in [6, 6.07) is 5.41. The second-order valence-electron chi connectivity index (χ2n) is 4.90. The molecule has 0 saturated heterocycles. The third-order valence-electron chi connectivity index (χ3n) is 3.48. The van der Waals surface area contributed by atoms with Crippen molar-refractivity contribution in [3.05, 3.63) is 28.2 Å². The van der Waals surface area contributed by atoms with Gasteiger partial charge in [-0.05, 0) is 50.1 Å². The van der Waals surface area contributed by atoms with Gasteiger partial charge < -0.3 is 0 Å². The number of nitrogens with one attached hydrogen (secondary N) is 1. The van der Waals surface area contributed by atoms with Gasteiger partial charge in [0.2, 0.25) is 10.0 Å². The molecular weight excluding hydrogens is 346 g/mol. The summed E-state index contributed by atoms with van der Waals surface area (Å²) in [5, 5.41) is 0.580. The molecule has 19 heavy (non-hydrogen) atoms. The molecule has 2 rings (SSSR count). The minimum Gasteiger partial charge on any atom is -0.208 e. The van der Waals surface area contributed by atoms with Gasteiger partial charge in [0, 0.05) is 15.8 Å². The second-order valence-corrected chi connectivity index (χ2v) is 8.63. The molecule has 2 unspecified atom stereocenters. The summed E-state index contributed by atoms with van der Waals surface area (Å²) in [6.45, 7) is 1.82. The standard InChI is InChI=1S/C13H18BrNO2S2/c1-9-3-4-10(14)7-13(9)19(16,17)15-11-5-6-12(8-11)18-2/h3-4,7,11-12,15H,5-6,8H2,1-2H3. The highest BCUT2D eigenvalue weighted by molar-refractivity contribution is 9.10. The highest BCUT2D eigenvalue weighted by Crippen LogP contribution is 2.29. The van der Waals surface area contributed by atoms with E-state index in [0.29, 0.717) is 10.1 Å². The van der Waals surface area contributed by atoms with Crippen LogP contribution in [0.15, 0.2) is 27.6 Å². The molecule has 3 nitrogen and oxygen atoms in total. The Balaban J connectivity index is 2.17. The maximum absolute atomic E-state index is 12.4. The summed E-state index contributed by atoms with van der Waals surface area (Å²) < 4.78 is 28.5. The minimum absolute atomic E-state index is 0.0702. The van der Waals surface area contributed by atoms with E-state index in [-0.39, 0.29) is 6.04 Å². The number of rotatable bonds is 4. The summed E-state index contributed by atoms with van der Waals surface area (Å²) in [7, 11) is -3.42. The molecule has 0 radical (unpaired) electrons. The van der Waals surface area contributed by atoms with Gasteiger partial charge in [0.05, 0.1) is 4.90 Å². The van der Waals surface area contributed by atoms with E-state index in [1.165, 1.54) is 0 Å². The van der Waals surface area contributed by atoms with Gasteiger partial charge in [0.15, 0.2) is 0 Å². The molecule has 1 aromatic carbocycles. The first-order valence-electron chi connectivity index (χ1n) is 6.23. The first kappa shape index (κ1) is 15.4. The lowest BCUT2D eigenvalue weighted by Crippen LogP contribution is -2.33. The quantitative estimate of drug-likeness (QED) is 0.892. The third kappa shape index (κ3) is 3.74. The van der Waals surface area contributed by atoms with Crippen LogP contribution >= 0.6 is 27.7 Å². The summed E-state index contributed by atoms with van der Waals surface area (Å²) in [4.78, 5) is 0.370. The van der Waals surface area contributed by atoms with Crippen LogP contribution in [0.4, 0.5) is 0 Å². The lowest BCUT2D eigenvalue weighted by molar-refractivity contribution is 0.552. The average molecular weight is 364 g/mol.